The van der Waals surface area contributed by atoms with Gasteiger partial charge in [-0.15, -0.1) is 0 Å². The Kier molecular flexibility index (Phi) is 3.49. The maximum absolute atomic E-state index is 2.61. The zero-order valence-corrected chi connectivity index (χ0v) is 16.9. The van der Waals surface area contributed by atoms with E-state index in [2.05, 4.69) is 18.2 Å². The maximum atomic E-state index is 2.61. The van der Waals surface area contributed by atoms with Crippen LogP contribution >= 0.6 is 0 Å². The minimum atomic E-state index is 0.927. The number of benzene rings is 1. The molecule has 1 aromatic carbocycles. The van der Waals surface area contributed by atoms with Crippen LogP contribution in [-0.4, -0.2) is 0 Å². The van der Waals surface area contributed by atoms with Gasteiger partial charge in [-0.3, -0.25) is 0 Å². The second kappa shape index (κ2) is 5.87. The Hall–Kier alpha value is -0.780. The molecule has 6 saturated carbocycles. The molecule has 6 aliphatic rings. The predicted octanol–water partition coefficient (Wildman–Crippen LogP) is 7.40. The molecule has 7 rings (SSSR count). The fraction of sp³-hybridized carbons (Fsp3) is 0.778. The van der Waals surface area contributed by atoms with Gasteiger partial charge in [0.1, 0.15) is 0 Å². The van der Waals surface area contributed by atoms with Crippen LogP contribution in [0, 0.1) is 35.5 Å². The van der Waals surface area contributed by atoms with Gasteiger partial charge in [-0.2, -0.15) is 0 Å². The van der Waals surface area contributed by atoms with Crippen LogP contribution in [0.3, 0.4) is 0 Å². The van der Waals surface area contributed by atoms with Gasteiger partial charge in [-0.05, 0) is 128 Å². The van der Waals surface area contributed by atoms with Gasteiger partial charge in [0.05, 0.1) is 0 Å². The summed E-state index contributed by atoms with van der Waals surface area (Å²) in [5, 5.41) is 0. The Morgan fingerprint density at radius 2 is 0.926 bits per heavy atom. The number of fused-ring (bicyclic) bond motifs is 6. The normalized spacial score (nSPS) is 49.6. The number of rotatable bonds is 3. The maximum Gasteiger partial charge on any atom is -0.0125 e. The Bertz CT molecular complexity index is 700. The monoisotopic (exact) mass is 360 g/mol. The van der Waals surface area contributed by atoms with Crippen LogP contribution < -0.4 is 0 Å². The van der Waals surface area contributed by atoms with Crippen molar-refractivity contribution in [1.82, 2.24) is 0 Å². The summed E-state index contributed by atoms with van der Waals surface area (Å²) in [6.07, 6.45) is 18.5. The van der Waals surface area contributed by atoms with E-state index in [4.69, 9.17) is 0 Å². The summed E-state index contributed by atoms with van der Waals surface area (Å²) in [6.45, 7) is 0. The molecular weight excluding hydrogens is 324 g/mol. The van der Waals surface area contributed by atoms with Crippen LogP contribution in [0.4, 0.5) is 0 Å². The van der Waals surface area contributed by atoms with E-state index in [-0.39, 0.29) is 0 Å². The molecule has 0 N–H and O–H groups in total. The average Bonchev–Trinajstić information content (AvgIpc) is 3.52. The third-order valence-corrected chi connectivity index (χ3v) is 10.6. The van der Waals surface area contributed by atoms with Gasteiger partial charge in [0.25, 0.3) is 0 Å². The fourth-order valence-corrected chi connectivity index (χ4v) is 9.53. The summed E-state index contributed by atoms with van der Waals surface area (Å²) in [5.74, 6) is 9.09. The van der Waals surface area contributed by atoms with E-state index in [1.54, 1.807) is 25.7 Å². The standard InChI is InChI=1S/C27H36/c1-2-22(24-13-16-4-7-19(24)10-16)27(26-15-18-6-9-21(26)12-18)23(3-1)25-14-17-5-8-20(25)11-17/h1-3,16-21,24-26H,4-15H2/t16-,17+,18-,19+,20-,21+,24?,25?,26?/m1/s1. The molecule has 0 nitrogen and oxygen atoms in total. The Labute approximate surface area is 165 Å². The highest BCUT2D eigenvalue weighted by atomic mass is 14.5. The molecule has 144 valence electrons. The van der Waals surface area contributed by atoms with Gasteiger partial charge in [-0.25, -0.2) is 0 Å². The Morgan fingerprint density at radius 3 is 1.30 bits per heavy atom. The highest BCUT2D eigenvalue weighted by Gasteiger charge is 2.48. The van der Waals surface area contributed by atoms with Gasteiger partial charge in [0.15, 0.2) is 0 Å². The van der Waals surface area contributed by atoms with E-state index < -0.39 is 0 Å². The lowest BCUT2D eigenvalue weighted by molar-refractivity contribution is 0.380. The summed E-state index contributed by atoms with van der Waals surface area (Å²) in [7, 11) is 0. The summed E-state index contributed by atoms with van der Waals surface area (Å²) in [4.78, 5) is 0. The van der Waals surface area contributed by atoms with Gasteiger partial charge in [0.2, 0.25) is 0 Å². The zero-order chi connectivity index (χ0) is 17.5. The molecular formula is C27H36. The second-order valence-corrected chi connectivity index (χ2v) is 11.7. The van der Waals surface area contributed by atoms with Gasteiger partial charge >= 0.3 is 0 Å². The van der Waals surface area contributed by atoms with E-state index in [0.29, 0.717) is 0 Å². The molecule has 0 aliphatic heterocycles. The molecule has 1 aromatic rings. The van der Waals surface area contributed by atoms with Crippen molar-refractivity contribution in [2.45, 2.75) is 94.8 Å². The number of hydrogen-bond donors (Lipinski definition) is 0. The van der Waals surface area contributed by atoms with Crippen LogP contribution in [-0.2, 0) is 0 Å². The quantitative estimate of drug-likeness (QED) is 0.527. The molecule has 0 spiro atoms. The summed E-state index contributed by atoms with van der Waals surface area (Å²) >= 11 is 0. The minimum absolute atomic E-state index is 0.927. The van der Waals surface area contributed by atoms with Crippen molar-refractivity contribution in [3.63, 3.8) is 0 Å². The lowest BCUT2D eigenvalue weighted by Crippen LogP contribution is -2.20. The molecule has 9 atom stereocenters. The first-order valence-electron chi connectivity index (χ1n) is 12.5. The smallest absolute Gasteiger partial charge is 0.0125 e. The van der Waals surface area contributed by atoms with E-state index >= 15 is 0 Å². The average molecular weight is 361 g/mol. The third kappa shape index (κ3) is 2.34. The van der Waals surface area contributed by atoms with Crippen molar-refractivity contribution in [2.75, 3.05) is 0 Å². The third-order valence-electron chi connectivity index (χ3n) is 10.6. The van der Waals surface area contributed by atoms with Crippen molar-refractivity contribution in [3.8, 4) is 0 Å². The number of hydrogen-bond acceptors (Lipinski definition) is 0. The Balaban J connectivity index is 1.34. The molecule has 6 fully saturated rings. The summed E-state index contributed by atoms with van der Waals surface area (Å²) in [5.41, 5.74) is 5.71. The lowest BCUT2D eigenvalue weighted by Gasteiger charge is -2.35. The topological polar surface area (TPSA) is 0 Å². The SMILES string of the molecule is c1cc(C2C[C@H]3CC[C@@H]2C3)c(C2C[C@@H]3CC[C@H]2C3)c(C2C[C@@H]3CC[C@H]2C3)c1. The molecule has 0 amide bonds. The molecule has 3 unspecified atom stereocenters. The van der Waals surface area contributed by atoms with E-state index in [0.717, 1.165) is 53.3 Å². The van der Waals surface area contributed by atoms with Gasteiger partial charge in [-0.1, -0.05) is 37.5 Å². The highest BCUT2D eigenvalue weighted by molar-refractivity contribution is 5.45. The molecule has 0 saturated heterocycles. The first kappa shape index (κ1) is 16.1. The zero-order valence-electron chi connectivity index (χ0n) is 16.9. The van der Waals surface area contributed by atoms with E-state index in [9.17, 15) is 0 Å². The second-order valence-electron chi connectivity index (χ2n) is 11.7. The molecule has 0 heterocycles. The van der Waals surface area contributed by atoms with E-state index in [1.165, 1.54) is 51.4 Å². The van der Waals surface area contributed by atoms with Crippen molar-refractivity contribution >= 4 is 0 Å². The Morgan fingerprint density at radius 1 is 0.481 bits per heavy atom. The largest absolute Gasteiger partial charge is 0.0617 e. The van der Waals surface area contributed by atoms with Crippen molar-refractivity contribution in [3.05, 3.63) is 34.9 Å². The molecule has 0 radical (unpaired) electrons. The first-order chi connectivity index (χ1) is 13.3. The van der Waals surface area contributed by atoms with Gasteiger partial charge < -0.3 is 0 Å². The molecule has 6 bridgehead atoms. The van der Waals surface area contributed by atoms with Crippen molar-refractivity contribution in [1.29, 1.82) is 0 Å². The van der Waals surface area contributed by atoms with Gasteiger partial charge in [0, 0.05) is 0 Å². The van der Waals surface area contributed by atoms with E-state index in [1.807, 2.05) is 16.7 Å². The van der Waals surface area contributed by atoms with Crippen LogP contribution in [0.2, 0.25) is 0 Å². The van der Waals surface area contributed by atoms with Crippen LogP contribution in [0.15, 0.2) is 18.2 Å². The van der Waals surface area contributed by atoms with Crippen molar-refractivity contribution in [2.24, 2.45) is 35.5 Å². The molecule has 0 aromatic heterocycles. The first-order valence-corrected chi connectivity index (χ1v) is 12.5. The minimum Gasteiger partial charge on any atom is -0.0617 e. The summed E-state index contributed by atoms with van der Waals surface area (Å²) in [6, 6.07) is 7.71. The highest BCUT2D eigenvalue weighted by Crippen LogP contribution is 2.61. The molecule has 0 heteroatoms. The predicted molar refractivity (Wildman–Crippen MR) is 111 cm³/mol. The van der Waals surface area contributed by atoms with Crippen LogP contribution in [0.1, 0.15) is 111 Å². The fourth-order valence-electron chi connectivity index (χ4n) is 9.53. The molecule has 27 heavy (non-hydrogen) atoms. The summed E-state index contributed by atoms with van der Waals surface area (Å²) < 4.78 is 0. The van der Waals surface area contributed by atoms with Crippen LogP contribution in [0.5, 0.6) is 0 Å². The molecule has 6 aliphatic carbocycles. The van der Waals surface area contributed by atoms with Crippen LogP contribution in [0.25, 0.3) is 0 Å². The van der Waals surface area contributed by atoms with Crippen molar-refractivity contribution < 1.29 is 0 Å². The lowest BCUT2D eigenvalue weighted by atomic mass is 9.70.